The predicted octanol–water partition coefficient (Wildman–Crippen LogP) is 0.991. The van der Waals surface area contributed by atoms with E-state index in [0.717, 1.165) is 19.4 Å². The van der Waals surface area contributed by atoms with E-state index in [4.69, 9.17) is 15.2 Å². The molecule has 0 spiro atoms. The van der Waals surface area contributed by atoms with E-state index in [-0.39, 0.29) is 24.1 Å². The van der Waals surface area contributed by atoms with Gasteiger partial charge in [0.15, 0.2) is 0 Å². The molecule has 1 saturated heterocycles. The van der Waals surface area contributed by atoms with E-state index < -0.39 is 0 Å². The highest BCUT2D eigenvalue weighted by Crippen LogP contribution is 2.37. The molecule has 0 aromatic carbocycles. The first-order chi connectivity index (χ1) is 9.20. The van der Waals surface area contributed by atoms with Gasteiger partial charge in [0.25, 0.3) is 5.91 Å². The summed E-state index contributed by atoms with van der Waals surface area (Å²) in [6.45, 7) is 0.771. The molecule has 1 amide bonds. The Labute approximate surface area is 116 Å². The highest BCUT2D eigenvalue weighted by Gasteiger charge is 2.51. The van der Waals surface area contributed by atoms with Crippen molar-refractivity contribution in [1.82, 2.24) is 5.32 Å². The molecular formula is C13H18N2O3S. The minimum Gasteiger partial charge on any atom is -0.496 e. The second-order valence-electron chi connectivity index (χ2n) is 5.07. The van der Waals surface area contributed by atoms with Crippen LogP contribution in [0.15, 0.2) is 11.4 Å². The molecule has 2 fully saturated rings. The van der Waals surface area contributed by atoms with Crippen molar-refractivity contribution in [3.8, 4) is 5.75 Å². The Hall–Kier alpha value is -1.11. The predicted molar refractivity (Wildman–Crippen MR) is 72.6 cm³/mol. The summed E-state index contributed by atoms with van der Waals surface area (Å²) in [5, 5.41) is 4.80. The Bertz CT molecular complexity index is 476. The third kappa shape index (κ3) is 2.24. The molecule has 0 radical (unpaired) electrons. The topological polar surface area (TPSA) is 73.6 Å². The number of methoxy groups -OCH3 is 1. The van der Waals surface area contributed by atoms with Gasteiger partial charge in [-0.3, -0.25) is 4.79 Å². The van der Waals surface area contributed by atoms with Crippen molar-refractivity contribution in [3.63, 3.8) is 0 Å². The van der Waals surface area contributed by atoms with E-state index in [0.29, 0.717) is 16.5 Å². The molecule has 1 aliphatic carbocycles. The Balaban J connectivity index is 1.63. The Morgan fingerprint density at radius 3 is 3.21 bits per heavy atom. The van der Waals surface area contributed by atoms with Crippen LogP contribution in [0.2, 0.25) is 0 Å². The van der Waals surface area contributed by atoms with Gasteiger partial charge >= 0.3 is 0 Å². The van der Waals surface area contributed by atoms with E-state index in [2.05, 4.69) is 5.32 Å². The molecule has 4 unspecified atom stereocenters. The number of thiophene rings is 1. The summed E-state index contributed by atoms with van der Waals surface area (Å²) in [5.74, 6) is 1.01. The Morgan fingerprint density at radius 2 is 2.47 bits per heavy atom. The maximum absolute atomic E-state index is 12.1. The summed E-state index contributed by atoms with van der Waals surface area (Å²) < 4.78 is 10.8. The maximum Gasteiger partial charge on any atom is 0.261 e. The van der Waals surface area contributed by atoms with Crippen molar-refractivity contribution in [1.29, 1.82) is 0 Å². The van der Waals surface area contributed by atoms with Crippen LogP contribution in [-0.4, -0.2) is 37.8 Å². The van der Waals surface area contributed by atoms with E-state index in [1.54, 1.807) is 13.2 Å². The van der Waals surface area contributed by atoms with Crippen molar-refractivity contribution >= 4 is 17.2 Å². The first kappa shape index (κ1) is 12.9. The second kappa shape index (κ2) is 5.11. The van der Waals surface area contributed by atoms with E-state index in [1.807, 2.05) is 5.38 Å². The number of carbonyl (C=O) groups is 1. The van der Waals surface area contributed by atoms with Crippen LogP contribution in [0.5, 0.6) is 5.75 Å². The van der Waals surface area contributed by atoms with Crippen molar-refractivity contribution < 1.29 is 14.3 Å². The lowest BCUT2D eigenvalue weighted by molar-refractivity contribution is -0.117. The summed E-state index contributed by atoms with van der Waals surface area (Å²) in [5.41, 5.74) is 6.12. The number of hydrogen-bond donors (Lipinski definition) is 2. The van der Waals surface area contributed by atoms with Gasteiger partial charge in [0.2, 0.25) is 0 Å². The lowest BCUT2D eigenvalue weighted by atomic mass is 9.68. The minimum atomic E-state index is -0.0960. The SMILES string of the molecule is COc1csc(C(=O)NC2C(N)C3CCCOC32)c1. The van der Waals surface area contributed by atoms with Crippen LogP contribution in [0.1, 0.15) is 22.5 Å². The van der Waals surface area contributed by atoms with Gasteiger partial charge in [-0.2, -0.15) is 0 Å². The summed E-state index contributed by atoms with van der Waals surface area (Å²) in [4.78, 5) is 12.8. The molecule has 19 heavy (non-hydrogen) atoms. The average molecular weight is 282 g/mol. The zero-order chi connectivity index (χ0) is 13.4. The van der Waals surface area contributed by atoms with Gasteiger partial charge in [-0.15, -0.1) is 11.3 Å². The highest BCUT2D eigenvalue weighted by atomic mass is 32.1. The van der Waals surface area contributed by atoms with Gasteiger partial charge in [0, 0.05) is 30.0 Å². The molecule has 6 heteroatoms. The lowest BCUT2D eigenvalue weighted by Gasteiger charge is -2.52. The number of nitrogens with two attached hydrogens (primary N) is 1. The fraction of sp³-hybridized carbons (Fsp3) is 0.615. The van der Waals surface area contributed by atoms with Gasteiger partial charge in [-0.1, -0.05) is 0 Å². The summed E-state index contributed by atoms with van der Waals surface area (Å²) in [6.07, 6.45) is 2.26. The summed E-state index contributed by atoms with van der Waals surface area (Å²) in [6, 6.07) is 1.69. The van der Waals surface area contributed by atoms with Crippen molar-refractivity contribution in [2.75, 3.05) is 13.7 Å². The van der Waals surface area contributed by atoms with E-state index in [9.17, 15) is 4.79 Å². The molecule has 2 aliphatic rings. The van der Waals surface area contributed by atoms with E-state index in [1.165, 1.54) is 11.3 Å². The smallest absolute Gasteiger partial charge is 0.261 e. The van der Waals surface area contributed by atoms with Crippen molar-refractivity contribution in [2.45, 2.75) is 31.0 Å². The van der Waals surface area contributed by atoms with Gasteiger partial charge < -0.3 is 20.5 Å². The highest BCUT2D eigenvalue weighted by molar-refractivity contribution is 7.12. The van der Waals surface area contributed by atoms with Crippen LogP contribution < -0.4 is 15.8 Å². The fourth-order valence-corrected chi connectivity index (χ4v) is 3.65. The van der Waals surface area contributed by atoms with Crippen LogP contribution >= 0.6 is 11.3 Å². The Kier molecular flexibility index (Phi) is 3.47. The molecule has 0 bridgehead atoms. The minimum absolute atomic E-state index is 0.0103. The fourth-order valence-electron chi connectivity index (χ4n) is 2.89. The summed E-state index contributed by atoms with van der Waals surface area (Å²) >= 11 is 1.37. The molecule has 5 nitrogen and oxygen atoms in total. The van der Waals surface area contributed by atoms with Crippen molar-refractivity contribution in [2.24, 2.45) is 11.7 Å². The van der Waals surface area contributed by atoms with E-state index >= 15 is 0 Å². The zero-order valence-electron chi connectivity index (χ0n) is 10.8. The summed E-state index contributed by atoms with van der Waals surface area (Å²) in [7, 11) is 1.59. The molecule has 2 heterocycles. The number of fused-ring (bicyclic) bond motifs is 1. The molecule has 104 valence electrons. The molecule has 3 rings (SSSR count). The van der Waals surface area contributed by atoms with Gasteiger partial charge in [0.1, 0.15) is 5.75 Å². The number of nitrogens with one attached hydrogen (secondary N) is 1. The third-order valence-corrected chi connectivity index (χ3v) is 4.92. The van der Waals surface area contributed by atoms with Crippen LogP contribution in [0, 0.1) is 5.92 Å². The number of amides is 1. The first-order valence-electron chi connectivity index (χ1n) is 6.51. The molecule has 4 atom stereocenters. The molecule has 1 aromatic heterocycles. The van der Waals surface area contributed by atoms with Gasteiger partial charge in [-0.25, -0.2) is 0 Å². The normalized spacial score (nSPS) is 33.2. The second-order valence-corrected chi connectivity index (χ2v) is 5.98. The number of rotatable bonds is 3. The average Bonchev–Trinajstić information content (AvgIpc) is 2.93. The van der Waals surface area contributed by atoms with Crippen molar-refractivity contribution in [3.05, 3.63) is 16.3 Å². The first-order valence-corrected chi connectivity index (χ1v) is 7.39. The lowest BCUT2D eigenvalue weighted by Crippen LogP contribution is -2.72. The number of carbonyl (C=O) groups excluding carboxylic acids is 1. The quantitative estimate of drug-likeness (QED) is 0.867. The molecule has 1 aliphatic heterocycles. The largest absolute Gasteiger partial charge is 0.496 e. The standard InChI is InChI=1S/C13H18N2O3S/c1-17-7-5-9(19-6-7)13(16)15-11-10(14)8-3-2-4-18-12(8)11/h5-6,8,10-12H,2-4,14H2,1H3,(H,15,16). The Morgan fingerprint density at radius 1 is 1.63 bits per heavy atom. The van der Waals surface area contributed by atoms with Crippen LogP contribution in [-0.2, 0) is 4.74 Å². The number of hydrogen-bond acceptors (Lipinski definition) is 5. The monoisotopic (exact) mass is 282 g/mol. The van der Waals surface area contributed by atoms with Crippen LogP contribution in [0.4, 0.5) is 0 Å². The van der Waals surface area contributed by atoms with Crippen LogP contribution in [0.25, 0.3) is 0 Å². The molecule has 1 saturated carbocycles. The maximum atomic E-state index is 12.1. The number of ether oxygens (including phenoxy) is 2. The zero-order valence-corrected chi connectivity index (χ0v) is 11.6. The van der Waals surface area contributed by atoms with Gasteiger partial charge in [-0.05, 0) is 12.8 Å². The molecular weight excluding hydrogens is 264 g/mol. The van der Waals surface area contributed by atoms with Gasteiger partial charge in [0.05, 0.1) is 24.1 Å². The third-order valence-electron chi connectivity index (χ3n) is 4.01. The molecule has 3 N–H and O–H groups in total. The molecule has 1 aromatic rings. The van der Waals surface area contributed by atoms with Crippen LogP contribution in [0.3, 0.4) is 0 Å².